The van der Waals surface area contributed by atoms with Gasteiger partial charge in [0, 0.05) is 16.1 Å². The Morgan fingerprint density at radius 1 is 1.36 bits per heavy atom. The summed E-state index contributed by atoms with van der Waals surface area (Å²) in [5, 5.41) is 8.50. The molecule has 1 aliphatic carbocycles. The fraction of sp³-hybridized carbons (Fsp3) is 0.467. The Labute approximate surface area is 138 Å². The van der Waals surface area contributed by atoms with Crippen LogP contribution in [0.4, 0.5) is 0 Å². The zero-order chi connectivity index (χ0) is 16.5. The molecule has 1 fully saturated rings. The van der Waals surface area contributed by atoms with E-state index in [0.717, 1.165) is 4.47 Å². The van der Waals surface area contributed by atoms with Gasteiger partial charge in [-0.25, -0.2) is 8.42 Å². The SMILES string of the molecule is CCOC(=O)[C@@]1(C#N)[C@H](S(=O)(=O)CC)[C@@H]1c1ccc(Br)cc1. The molecule has 7 heteroatoms. The summed E-state index contributed by atoms with van der Waals surface area (Å²) >= 11 is 3.31. The molecule has 1 aromatic rings. The highest BCUT2D eigenvalue weighted by molar-refractivity contribution is 9.10. The van der Waals surface area contributed by atoms with Crippen LogP contribution in [-0.2, 0) is 19.4 Å². The van der Waals surface area contributed by atoms with Gasteiger partial charge in [-0.2, -0.15) is 5.26 Å². The molecule has 5 nitrogen and oxygen atoms in total. The molecule has 1 saturated carbocycles. The molecular formula is C15H16BrNO4S. The normalized spacial score (nSPS) is 27.0. The molecule has 0 aliphatic heterocycles. The summed E-state index contributed by atoms with van der Waals surface area (Å²) in [4.78, 5) is 12.3. The lowest BCUT2D eigenvalue weighted by atomic mass is 10.0. The van der Waals surface area contributed by atoms with Gasteiger partial charge in [0.15, 0.2) is 15.3 Å². The third kappa shape index (κ3) is 2.55. The van der Waals surface area contributed by atoms with E-state index in [1.54, 1.807) is 31.2 Å². The molecule has 0 bridgehead atoms. The molecule has 22 heavy (non-hydrogen) atoms. The van der Waals surface area contributed by atoms with Gasteiger partial charge in [-0.3, -0.25) is 4.79 Å². The van der Waals surface area contributed by atoms with E-state index >= 15 is 0 Å². The van der Waals surface area contributed by atoms with Gasteiger partial charge in [0.25, 0.3) is 0 Å². The number of ether oxygens (including phenoxy) is 1. The number of hydrogen-bond donors (Lipinski definition) is 0. The maximum Gasteiger partial charge on any atom is 0.328 e. The minimum atomic E-state index is -3.55. The largest absolute Gasteiger partial charge is 0.465 e. The number of carbonyl (C=O) groups excluding carboxylic acids is 1. The van der Waals surface area contributed by atoms with Crippen LogP contribution in [0.3, 0.4) is 0 Å². The van der Waals surface area contributed by atoms with Crippen LogP contribution < -0.4 is 0 Å². The van der Waals surface area contributed by atoms with E-state index in [-0.39, 0.29) is 12.4 Å². The summed E-state index contributed by atoms with van der Waals surface area (Å²) in [7, 11) is -3.55. The monoisotopic (exact) mass is 385 g/mol. The van der Waals surface area contributed by atoms with Crippen molar-refractivity contribution in [3.05, 3.63) is 34.3 Å². The number of rotatable bonds is 5. The van der Waals surface area contributed by atoms with Crippen molar-refractivity contribution in [3.63, 3.8) is 0 Å². The minimum Gasteiger partial charge on any atom is -0.465 e. The number of carbonyl (C=O) groups is 1. The molecule has 3 atom stereocenters. The van der Waals surface area contributed by atoms with E-state index < -0.39 is 32.4 Å². The third-order valence-electron chi connectivity index (χ3n) is 3.95. The maximum atomic E-state index is 12.3. The second-order valence-electron chi connectivity index (χ2n) is 5.10. The smallest absolute Gasteiger partial charge is 0.328 e. The summed E-state index contributed by atoms with van der Waals surface area (Å²) in [6, 6.07) is 8.90. The second kappa shape index (κ2) is 6.01. The summed E-state index contributed by atoms with van der Waals surface area (Å²) in [6.45, 7) is 3.25. The van der Waals surface area contributed by atoms with Crippen molar-refractivity contribution < 1.29 is 17.9 Å². The Bertz CT molecular complexity index is 723. The van der Waals surface area contributed by atoms with Crippen molar-refractivity contribution in [1.29, 1.82) is 5.26 Å². The average Bonchev–Trinajstić information content (AvgIpc) is 3.20. The topological polar surface area (TPSA) is 84.2 Å². The van der Waals surface area contributed by atoms with Crippen LogP contribution in [0, 0.1) is 16.7 Å². The number of halogens is 1. The van der Waals surface area contributed by atoms with Crippen LogP contribution in [0.25, 0.3) is 0 Å². The maximum absolute atomic E-state index is 12.3. The van der Waals surface area contributed by atoms with Crippen LogP contribution in [-0.4, -0.2) is 32.0 Å². The summed E-state index contributed by atoms with van der Waals surface area (Å²) < 4.78 is 30.5. The fourth-order valence-corrected chi connectivity index (χ4v) is 5.00. The zero-order valence-corrected chi connectivity index (χ0v) is 14.6. The molecule has 1 aromatic carbocycles. The van der Waals surface area contributed by atoms with Crippen LogP contribution >= 0.6 is 15.9 Å². The number of sulfone groups is 1. The van der Waals surface area contributed by atoms with Gasteiger partial charge >= 0.3 is 5.97 Å². The lowest BCUT2D eigenvalue weighted by molar-refractivity contribution is -0.147. The van der Waals surface area contributed by atoms with E-state index in [1.807, 2.05) is 6.07 Å². The fourth-order valence-electron chi connectivity index (χ4n) is 2.81. The third-order valence-corrected chi connectivity index (χ3v) is 6.70. The first kappa shape index (κ1) is 17.0. The molecule has 0 aromatic heterocycles. The van der Waals surface area contributed by atoms with E-state index in [4.69, 9.17) is 4.74 Å². The molecule has 0 spiro atoms. The van der Waals surface area contributed by atoms with Crippen LogP contribution in [0.2, 0.25) is 0 Å². The second-order valence-corrected chi connectivity index (χ2v) is 8.43. The lowest BCUT2D eigenvalue weighted by Gasteiger charge is -2.08. The van der Waals surface area contributed by atoms with Gasteiger partial charge in [0.2, 0.25) is 0 Å². The van der Waals surface area contributed by atoms with E-state index in [0.29, 0.717) is 5.56 Å². The Balaban J connectivity index is 2.52. The molecule has 0 heterocycles. The van der Waals surface area contributed by atoms with Crippen LogP contribution in [0.15, 0.2) is 28.7 Å². The van der Waals surface area contributed by atoms with Crippen LogP contribution in [0.1, 0.15) is 25.3 Å². The van der Waals surface area contributed by atoms with Gasteiger partial charge in [-0.15, -0.1) is 0 Å². The Morgan fingerprint density at radius 2 is 1.95 bits per heavy atom. The predicted molar refractivity (Wildman–Crippen MR) is 84.8 cm³/mol. The predicted octanol–water partition coefficient (Wildman–Crippen LogP) is 2.42. The molecule has 118 valence electrons. The number of esters is 1. The molecular weight excluding hydrogens is 370 g/mol. The summed E-state index contributed by atoms with van der Waals surface area (Å²) in [5.74, 6) is -1.56. The van der Waals surface area contributed by atoms with Crippen molar-refractivity contribution in [2.75, 3.05) is 12.4 Å². The average molecular weight is 386 g/mol. The first-order chi connectivity index (χ1) is 10.3. The highest BCUT2D eigenvalue weighted by Crippen LogP contribution is 2.63. The van der Waals surface area contributed by atoms with E-state index in [1.165, 1.54) is 6.92 Å². The molecule has 0 unspecified atom stereocenters. The Hall–Kier alpha value is -1.39. The van der Waals surface area contributed by atoms with Gasteiger partial charge in [0.1, 0.15) is 5.25 Å². The van der Waals surface area contributed by atoms with Crippen molar-refractivity contribution in [3.8, 4) is 6.07 Å². The van der Waals surface area contributed by atoms with Gasteiger partial charge < -0.3 is 4.74 Å². The minimum absolute atomic E-state index is 0.105. The number of nitriles is 1. The number of nitrogens with zero attached hydrogens (tertiary/aromatic N) is 1. The van der Waals surface area contributed by atoms with E-state index in [9.17, 15) is 18.5 Å². The quantitative estimate of drug-likeness (QED) is 0.726. The summed E-state index contributed by atoms with van der Waals surface area (Å²) in [5.41, 5.74) is -0.988. The first-order valence-electron chi connectivity index (χ1n) is 6.90. The highest BCUT2D eigenvalue weighted by atomic mass is 79.9. The van der Waals surface area contributed by atoms with Crippen molar-refractivity contribution in [2.45, 2.75) is 25.0 Å². The van der Waals surface area contributed by atoms with E-state index in [2.05, 4.69) is 15.9 Å². The first-order valence-corrected chi connectivity index (χ1v) is 9.41. The van der Waals surface area contributed by atoms with Gasteiger partial charge in [0.05, 0.1) is 12.7 Å². The molecule has 2 rings (SSSR count). The molecule has 0 radical (unpaired) electrons. The van der Waals surface area contributed by atoms with Gasteiger partial charge in [-0.1, -0.05) is 35.0 Å². The Morgan fingerprint density at radius 3 is 2.41 bits per heavy atom. The lowest BCUT2D eigenvalue weighted by Crippen LogP contribution is -2.26. The molecule has 1 aliphatic rings. The molecule has 0 amide bonds. The Kier molecular flexibility index (Phi) is 4.64. The molecule has 0 N–H and O–H groups in total. The van der Waals surface area contributed by atoms with Crippen LogP contribution in [0.5, 0.6) is 0 Å². The standard InChI is InChI=1S/C15H16BrNO4S/c1-3-21-14(18)15(9-17)12(13(15)22(19,20)4-2)10-5-7-11(16)8-6-10/h5-8,12-13H,3-4H2,1-2H3/t12-,13+,15+/m0/s1. The molecule has 0 saturated heterocycles. The highest BCUT2D eigenvalue weighted by Gasteiger charge is 2.77. The van der Waals surface area contributed by atoms with Crippen molar-refractivity contribution in [2.24, 2.45) is 5.41 Å². The summed E-state index contributed by atoms with van der Waals surface area (Å²) in [6.07, 6.45) is 0. The zero-order valence-electron chi connectivity index (χ0n) is 12.2. The number of hydrogen-bond acceptors (Lipinski definition) is 5. The number of benzene rings is 1. The van der Waals surface area contributed by atoms with Gasteiger partial charge in [-0.05, 0) is 24.6 Å². The van der Waals surface area contributed by atoms with Crippen molar-refractivity contribution >= 4 is 31.7 Å². The van der Waals surface area contributed by atoms with Crippen molar-refractivity contribution in [1.82, 2.24) is 0 Å².